The molecule has 1 unspecified atom stereocenters. The van der Waals surface area contributed by atoms with Gasteiger partial charge < -0.3 is 16.2 Å². The highest BCUT2D eigenvalue weighted by atomic mass is 16.3. The lowest BCUT2D eigenvalue weighted by molar-refractivity contribution is 0.0897. The number of nitrogens with one attached hydrogen (secondary N) is 1. The fourth-order valence-corrected chi connectivity index (χ4v) is 1.96. The lowest BCUT2D eigenvalue weighted by Gasteiger charge is -2.25. The molecule has 4 heteroatoms. The third kappa shape index (κ3) is 5.41. The molecule has 0 aliphatic carbocycles. The van der Waals surface area contributed by atoms with Gasteiger partial charge in [-0.2, -0.15) is 0 Å². The number of hydrogen-bond acceptors (Lipinski definition) is 3. The van der Waals surface area contributed by atoms with E-state index in [0.717, 1.165) is 12.0 Å². The molecule has 0 heterocycles. The molecular weight excluding hydrogens is 240 g/mol. The molecule has 1 amide bonds. The number of aliphatic hydroxyl groups is 1. The first-order valence-corrected chi connectivity index (χ1v) is 6.56. The minimum Gasteiger partial charge on any atom is -0.394 e. The molecule has 4 nitrogen and oxygen atoms in total. The van der Waals surface area contributed by atoms with E-state index in [-0.39, 0.29) is 24.0 Å². The molecule has 0 aliphatic rings. The van der Waals surface area contributed by atoms with Gasteiger partial charge in [0.2, 0.25) is 0 Å². The third-order valence-electron chi connectivity index (χ3n) is 2.87. The number of carbonyl (C=O) groups excluding carboxylic acids is 1. The molecule has 0 saturated heterocycles. The molecule has 1 aromatic carbocycles. The van der Waals surface area contributed by atoms with E-state index in [2.05, 4.69) is 26.1 Å². The predicted octanol–water partition coefficient (Wildman–Crippen LogP) is 1.67. The number of aliphatic hydroxyl groups excluding tert-OH is 1. The maximum absolute atomic E-state index is 12.0. The number of hydrogen-bond donors (Lipinski definition) is 3. The van der Waals surface area contributed by atoms with Gasteiger partial charge in [0, 0.05) is 12.1 Å². The first-order chi connectivity index (χ1) is 8.85. The van der Waals surface area contributed by atoms with Gasteiger partial charge in [0.25, 0.3) is 5.91 Å². The van der Waals surface area contributed by atoms with Gasteiger partial charge in [-0.05, 0) is 29.5 Å². The van der Waals surface area contributed by atoms with Crippen molar-refractivity contribution in [2.24, 2.45) is 11.1 Å². The summed E-state index contributed by atoms with van der Waals surface area (Å²) < 4.78 is 0. The Kier molecular flexibility index (Phi) is 5.51. The largest absolute Gasteiger partial charge is 0.394 e. The fourth-order valence-electron chi connectivity index (χ4n) is 1.96. The molecule has 0 bridgehead atoms. The smallest absolute Gasteiger partial charge is 0.251 e. The van der Waals surface area contributed by atoms with Crippen LogP contribution in [0.1, 0.15) is 43.1 Å². The molecule has 1 rings (SSSR count). The van der Waals surface area contributed by atoms with Crippen LogP contribution in [0.4, 0.5) is 0 Å². The minimum atomic E-state index is -0.221. The first-order valence-electron chi connectivity index (χ1n) is 6.56. The zero-order valence-electron chi connectivity index (χ0n) is 11.9. The molecule has 1 atom stereocenters. The van der Waals surface area contributed by atoms with Crippen molar-refractivity contribution < 1.29 is 9.90 Å². The lowest BCUT2D eigenvalue weighted by atomic mass is 9.88. The van der Waals surface area contributed by atoms with Crippen LogP contribution in [-0.4, -0.2) is 23.7 Å². The summed E-state index contributed by atoms with van der Waals surface area (Å²) in [7, 11) is 0. The maximum Gasteiger partial charge on any atom is 0.251 e. The fraction of sp³-hybridized carbons (Fsp3) is 0.533. The molecule has 0 radical (unpaired) electrons. The van der Waals surface area contributed by atoms with Gasteiger partial charge in [0.15, 0.2) is 0 Å². The van der Waals surface area contributed by atoms with Crippen LogP contribution in [0.15, 0.2) is 24.3 Å². The summed E-state index contributed by atoms with van der Waals surface area (Å²) >= 11 is 0. The van der Waals surface area contributed by atoms with Crippen molar-refractivity contribution >= 4 is 5.91 Å². The highest BCUT2D eigenvalue weighted by Crippen LogP contribution is 2.20. The second-order valence-corrected chi connectivity index (χ2v) is 6.02. The van der Waals surface area contributed by atoms with Crippen molar-refractivity contribution in [2.45, 2.75) is 39.8 Å². The van der Waals surface area contributed by atoms with Crippen LogP contribution < -0.4 is 11.1 Å². The standard InChI is InChI=1S/C15H24N2O2/c1-15(2,3)8-13(10-18)17-14(19)12-6-4-11(9-16)5-7-12/h4-7,13,18H,8-10,16H2,1-3H3,(H,17,19). The van der Waals surface area contributed by atoms with Crippen molar-refractivity contribution in [3.63, 3.8) is 0 Å². The van der Waals surface area contributed by atoms with E-state index in [1.54, 1.807) is 12.1 Å². The molecule has 106 valence electrons. The Bertz CT molecular complexity index is 407. The Morgan fingerprint density at radius 1 is 1.32 bits per heavy atom. The highest BCUT2D eigenvalue weighted by Gasteiger charge is 2.20. The van der Waals surface area contributed by atoms with Crippen LogP contribution in [-0.2, 0) is 6.54 Å². The molecular formula is C15H24N2O2. The van der Waals surface area contributed by atoms with E-state index >= 15 is 0 Å². The summed E-state index contributed by atoms with van der Waals surface area (Å²) in [4.78, 5) is 12.0. The summed E-state index contributed by atoms with van der Waals surface area (Å²) in [6, 6.07) is 6.97. The van der Waals surface area contributed by atoms with Crippen molar-refractivity contribution in [1.82, 2.24) is 5.32 Å². The minimum absolute atomic E-state index is 0.0517. The van der Waals surface area contributed by atoms with Gasteiger partial charge in [-0.1, -0.05) is 32.9 Å². The number of carbonyl (C=O) groups is 1. The normalized spacial score (nSPS) is 13.1. The number of rotatable bonds is 5. The summed E-state index contributed by atoms with van der Waals surface area (Å²) in [5.74, 6) is -0.160. The van der Waals surface area contributed by atoms with E-state index in [1.165, 1.54) is 0 Å². The summed E-state index contributed by atoms with van der Waals surface area (Å²) in [5.41, 5.74) is 7.15. The van der Waals surface area contributed by atoms with E-state index in [1.807, 2.05) is 12.1 Å². The molecule has 1 aromatic rings. The van der Waals surface area contributed by atoms with Gasteiger partial charge in [-0.3, -0.25) is 4.79 Å². The van der Waals surface area contributed by atoms with Gasteiger partial charge in [-0.25, -0.2) is 0 Å². The van der Waals surface area contributed by atoms with Crippen LogP contribution >= 0.6 is 0 Å². The zero-order valence-corrected chi connectivity index (χ0v) is 11.9. The predicted molar refractivity (Wildman–Crippen MR) is 76.7 cm³/mol. The molecule has 0 saturated carbocycles. The Hall–Kier alpha value is -1.39. The zero-order chi connectivity index (χ0) is 14.5. The Morgan fingerprint density at radius 2 is 1.89 bits per heavy atom. The molecule has 4 N–H and O–H groups in total. The second kappa shape index (κ2) is 6.68. The summed E-state index contributed by atoms with van der Waals surface area (Å²) in [5, 5.41) is 12.2. The van der Waals surface area contributed by atoms with Gasteiger partial charge in [-0.15, -0.1) is 0 Å². The molecule has 19 heavy (non-hydrogen) atoms. The summed E-state index contributed by atoms with van der Waals surface area (Å²) in [6.45, 7) is 6.66. The van der Waals surface area contributed by atoms with Gasteiger partial charge in [0.1, 0.15) is 0 Å². The van der Waals surface area contributed by atoms with Crippen molar-refractivity contribution in [2.75, 3.05) is 6.61 Å². The lowest BCUT2D eigenvalue weighted by Crippen LogP contribution is -2.40. The van der Waals surface area contributed by atoms with Crippen LogP contribution in [0, 0.1) is 5.41 Å². The van der Waals surface area contributed by atoms with Crippen molar-refractivity contribution in [3.05, 3.63) is 35.4 Å². The topological polar surface area (TPSA) is 75.3 Å². The van der Waals surface area contributed by atoms with Crippen LogP contribution in [0.5, 0.6) is 0 Å². The SMILES string of the molecule is CC(C)(C)CC(CO)NC(=O)c1ccc(CN)cc1. The van der Waals surface area contributed by atoms with Gasteiger partial charge >= 0.3 is 0 Å². The number of nitrogens with two attached hydrogens (primary N) is 1. The summed E-state index contributed by atoms with van der Waals surface area (Å²) in [6.07, 6.45) is 0.732. The second-order valence-electron chi connectivity index (χ2n) is 6.02. The first kappa shape index (κ1) is 15.7. The average Bonchev–Trinajstić information content (AvgIpc) is 2.36. The maximum atomic E-state index is 12.0. The average molecular weight is 264 g/mol. The molecule has 0 aliphatic heterocycles. The van der Waals surface area contributed by atoms with E-state index in [4.69, 9.17) is 5.73 Å². The van der Waals surface area contributed by atoms with Crippen molar-refractivity contribution in [3.8, 4) is 0 Å². The van der Waals surface area contributed by atoms with Crippen LogP contribution in [0.25, 0.3) is 0 Å². The molecule has 0 spiro atoms. The third-order valence-corrected chi connectivity index (χ3v) is 2.87. The number of benzene rings is 1. The van der Waals surface area contributed by atoms with E-state index < -0.39 is 0 Å². The van der Waals surface area contributed by atoms with Crippen molar-refractivity contribution in [1.29, 1.82) is 0 Å². The van der Waals surface area contributed by atoms with Crippen LogP contribution in [0.3, 0.4) is 0 Å². The molecule has 0 fully saturated rings. The number of amides is 1. The highest BCUT2D eigenvalue weighted by molar-refractivity contribution is 5.94. The Labute approximate surface area is 115 Å². The van der Waals surface area contributed by atoms with E-state index in [0.29, 0.717) is 12.1 Å². The molecule has 0 aromatic heterocycles. The Balaban J connectivity index is 2.66. The Morgan fingerprint density at radius 3 is 2.32 bits per heavy atom. The monoisotopic (exact) mass is 264 g/mol. The van der Waals surface area contributed by atoms with E-state index in [9.17, 15) is 9.90 Å². The quantitative estimate of drug-likeness (QED) is 0.757. The van der Waals surface area contributed by atoms with Crippen LogP contribution in [0.2, 0.25) is 0 Å². The van der Waals surface area contributed by atoms with Gasteiger partial charge in [0.05, 0.1) is 12.6 Å².